The number of urea groups is 1. The third-order valence-electron chi connectivity index (χ3n) is 1.34. The number of carbonyl (C=O) groups is 3. The summed E-state index contributed by atoms with van der Waals surface area (Å²) < 4.78 is 0. The molecular weight excluding hydrogens is 152 g/mol. The van der Waals surface area contributed by atoms with Crippen LogP contribution in [0.25, 0.3) is 0 Å². The number of aliphatic hydroxyl groups excluding tert-OH is 1. The fraction of sp³-hybridized carbons (Fsp3) is 0.400. The lowest BCUT2D eigenvalue weighted by atomic mass is 10.3. The second kappa shape index (κ2) is 2.31. The van der Waals surface area contributed by atoms with Gasteiger partial charge in [0.2, 0.25) is 5.91 Å². The van der Waals surface area contributed by atoms with Crippen LogP contribution in [-0.4, -0.2) is 34.0 Å². The molecule has 11 heavy (non-hydrogen) atoms. The Hall–Kier alpha value is -1.43. The van der Waals surface area contributed by atoms with Crippen LogP contribution in [0, 0.1) is 0 Å². The summed E-state index contributed by atoms with van der Waals surface area (Å²) in [7, 11) is 0. The van der Waals surface area contributed by atoms with E-state index >= 15 is 0 Å². The molecular formula is C5H6N2O4. The Balaban J connectivity index is 2.88. The van der Waals surface area contributed by atoms with Crippen molar-refractivity contribution < 1.29 is 19.5 Å². The van der Waals surface area contributed by atoms with Crippen molar-refractivity contribution in [3.8, 4) is 0 Å². The maximum atomic E-state index is 10.7. The number of primary amides is 1. The lowest BCUT2D eigenvalue weighted by Crippen LogP contribution is -2.41. The number of nitrogens with two attached hydrogens (primary N) is 1. The second-order valence-corrected chi connectivity index (χ2v) is 2.13. The minimum Gasteiger partial charge on any atom is -0.383 e. The molecule has 0 aromatic heterocycles. The van der Waals surface area contributed by atoms with Crippen molar-refractivity contribution in [3.63, 3.8) is 0 Å². The third kappa shape index (κ3) is 1.07. The van der Waals surface area contributed by atoms with E-state index in [1.165, 1.54) is 0 Å². The van der Waals surface area contributed by atoms with E-state index < -0.39 is 23.9 Å². The van der Waals surface area contributed by atoms with Crippen LogP contribution in [0.15, 0.2) is 0 Å². The molecule has 60 valence electrons. The molecule has 1 heterocycles. The minimum atomic E-state index is -1.41. The molecule has 3 N–H and O–H groups in total. The Morgan fingerprint density at radius 1 is 1.64 bits per heavy atom. The van der Waals surface area contributed by atoms with Crippen LogP contribution >= 0.6 is 0 Å². The number of imide groups is 3. The number of aliphatic hydroxyl groups is 1. The molecule has 0 bridgehead atoms. The van der Waals surface area contributed by atoms with Crippen molar-refractivity contribution in [1.82, 2.24) is 4.90 Å². The first-order valence-corrected chi connectivity index (χ1v) is 2.88. The Labute approximate surface area is 61.6 Å². The molecule has 0 aliphatic carbocycles. The molecule has 1 aliphatic heterocycles. The van der Waals surface area contributed by atoms with Crippen molar-refractivity contribution in [1.29, 1.82) is 0 Å². The van der Waals surface area contributed by atoms with E-state index in [4.69, 9.17) is 5.11 Å². The summed E-state index contributed by atoms with van der Waals surface area (Å²) in [4.78, 5) is 32.0. The van der Waals surface area contributed by atoms with E-state index in [0.717, 1.165) is 0 Å². The molecule has 1 aliphatic rings. The fourth-order valence-corrected chi connectivity index (χ4v) is 0.847. The number of nitrogens with zero attached hydrogens (tertiary/aromatic N) is 1. The Bertz CT molecular complexity index is 237. The van der Waals surface area contributed by atoms with Gasteiger partial charge in [0.1, 0.15) is 6.10 Å². The lowest BCUT2D eigenvalue weighted by molar-refractivity contribution is -0.136. The van der Waals surface area contributed by atoms with Crippen LogP contribution < -0.4 is 5.73 Å². The summed E-state index contributed by atoms with van der Waals surface area (Å²) in [5.74, 6) is -1.70. The first-order chi connectivity index (χ1) is 5.04. The molecule has 4 amide bonds. The summed E-state index contributed by atoms with van der Waals surface area (Å²) in [6.45, 7) is 0. The van der Waals surface area contributed by atoms with Gasteiger partial charge < -0.3 is 10.8 Å². The quantitative estimate of drug-likeness (QED) is 0.405. The van der Waals surface area contributed by atoms with E-state index in [-0.39, 0.29) is 11.3 Å². The van der Waals surface area contributed by atoms with E-state index in [1.54, 1.807) is 0 Å². The number of likely N-dealkylation sites (tertiary alicyclic amines) is 1. The van der Waals surface area contributed by atoms with Gasteiger partial charge >= 0.3 is 6.03 Å². The van der Waals surface area contributed by atoms with Gasteiger partial charge in [-0.1, -0.05) is 0 Å². The van der Waals surface area contributed by atoms with Gasteiger partial charge in [-0.15, -0.1) is 0 Å². The van der Waals surface area contributed by atoms with Crippen molar-refractivity contribution in [3.05, 3.63) is 0 Å². The topological polar surface area (TPSA) is 101 Å². The largest absolute Gasteiger partial charge is 0.383 e. The molecule has 0 radical (unpaired) electrons. The Morgan fingerprint density at radius 2 is 2.18 bits per heavy atom. The van der Waals surface area contributed by atoms with E-state index in [0.29, 0.717) is 0 Å². The van der Waals surface area contributed by atoms with Crippen molar-refractivity contribution >= 4 is 17.8 Å². The van der Waals surface area contributed by atoms with Crippen LogP contribution in [-0.2, 0) is 9.59 Å². The molecule has 1 saturated heterocycles. The zero-order valence-corrected chi connectivity index (χ0v) is 5.48. The summed E-state index contributed by atoms with van der Waals surface area (Å²) in [6, 6.07) is -1.14. The maximum Gasteiger partial charge on any atom is 0.328 e. The van der Waals surface area contributed by atoms with Crippen molar-refractivity contribution in [2.24, 2.45) is 5.73 Å². The molecule has 6 heteroatoms. The highest BCUT2D eigenvalue weighted by atomic mass is 16.3. The number of carbonyl (C=O) groups excluding carboxylic acids is 3. The monoisotopic (exact) mass is 158 g/mol. The minimum absolute atomic E-state index is 0.241. The normalized spacial score (nSPS) is 24.5. The molecule has 0 aromatic rings. The third-order valence-corrected chi connectivity index (χ3v) is 1.34. The van der Waals surface area contributed by atoms with Gasteiger partial charge in [-0.05, 0) is 0 Å². The predicted molar refractivity (Wildman–Crippen MR) is 32.1 cm³/mol. The number of rotatable bonds is 0. The molecule has 1 atom stereocenters. The summed E-state index contributed by atoms with van der Waals surface area (Å²) in [5, 5.41) is 8.77. The molecule has 0 aromatic carbocycles. The van der Waals surface area contributed by atoms with Gasteiger partial charge in [-0.25, -0.2) is 4.79 Å². The standard InChI is InChI=1S/C5H6N2O4/c6-5(11)7-3(9)1-2(8)4(7)10/h2,8H,1H2,(H2,6,11). The van der Waals surface area contributed by atoms with Gasteiger partial charge in [-0.2, -0.15) is 4.90 Å². The van der Waals surface area contributed by atoms with Crippen molar-refractivity contribution in [2.75, 3.05) is 0 Å². The first kappa shape index (κ1) is 7.67. The van der Waals surface area contributed by atoms with E-state index in [1.807, 2.05) is 0 Å². The van der Waals surface area contributed by atoms with Crippen LogP contribution in [0.4, 0.5) is 4.79 Å². The van der Waals surface area contributed by atoms with Crippen LogP contribution in [0.1, 0.15) is 6.42 Å². The highest BCUT2D eigenvalue weighted by Gasteiger charge is 2.40. The summed E-state index contributed by atoms with van der Waals surface area (Å²) >= 11 is 0. The maximum absolute atomic E-state index is 10.7. The Kier molecular flexibility index (Phi) is 1.61. The molecule has 0 saturated carbocycles. The van der Waals surface area contributed by atoms with Crippen molar-refractivity contribution in [2.45, 2.75) is 12.5 Å². The molecule has 6 nitrogen and oxygen atoms in total. The van der Waals surface area contributed by atoms with Crippen LogP contribution in [0.5, 0.6) is 0 Å². The smallest absolute Gasteiger partial charge is 0.328 e. The van der Waals surface area contributed by atoms with Gasteiger partial charge in [0.25, 0.3) is 5.91 Å². The average molecular weight is 158 g/mol. The number of hydrogen-bond acceptors (Lipinski definition) is 4. The molecule has 1 fully saturated rings. The predicted octanol–water partition coefficient (Wildman–Crippen LogP) is -1.82. The number of hydrogen-bond donors (Lipinski definition) is 2. The molecule has 1 unspecified atom stereocenters. The average Bonchev–Trinajstić information content (AvgIpc) is 2.07. The van der Waals surface area contributed by atoms with Gasteiger partial charge in [-0.3, -0.25) is 9.59 Å². The van der Waals surface area contributed by atoms with E-state index in [2.05, 4.69) is 5.73 Å². The van der Waals surface area contributed by atoms with Gasteiger partial charge in [0.05, 0.1) is 6.42 Å². The van der Waals surface area contributed by atoms with Crippen LogP contribution in [0.2, 0.25) is 0 Å². The SMILES string of the molecule is NC(=O)N1C(=O)CC(O)C1=O. The zero-order valence-electron chi connectivity index (χ0n) is 5.48. The fourth-order valence-electron chi connectivity index (χ4n) is 0.847. The van der Waals surface area contributed by atoms with Gasteiger partial charge in [0, 0.05) is 0 Å². The highest BCUT2D eigenvalue weighted by Crippen LogP contribution is 2.11. The summed E-state index contributed by atoms with van der Waals surface area (Å²) in [6.07, 6.45) is -1.77. The van der Waals surface area contributed by atoms with Crippen LogP contribution in [0.3, 0.4) is 0 Å². The molecule has 0 spiro atoms. The summed E-state index contributed by atoms with van der Waals surface area (Å²) in [5.41, 5.74) is 4.68. The van der Waals surface area contributed by atoms with E-state index in [9.17, 15) is 14.4 Å². The second-order valence-electron chi connectivity index (χ2n) is 2.13. The molecule has 1 rings (SSSR count). The number of amides is 4. The highest BCUT2D eigenvalue weighted by molar-refractivity contribution is 6.16. The van der Waals surface area contributed by atoms with Gasteiger partial charge in [0.15, 0.2) is 0 Å². The lowest BCUT2D eigenvalue weighted by Gasteiger charge is -2.06. The first-order valence-electron chi connectivity index (χ1n) is 2.88. The zero-order chi connectivity index (χ0) is 8.59. The Morgan fingerprint density at radius 3 is 2.36 bits per heavy atom.